The second-order valence-electron chi connectivity index (χ2n) is 5.13. The van der Waals surface area contributed by atoms with E-state index in [1.165, 1.54) is 0 Å². The van der Waals surface area contributed by atoms with Crippen LogP contribution in [-0.4, -0.2) is 31.2 Å². The number of anilines is 1. The van der Waals surface area contributed by atoms with Crippen LogP contribution in [0.4, 0.5) is 5.69 Å². The minimum atomic E-state index is -0.107. The summed E-state index contributed by atoms with van der Waals surface area (Å²) in [7, 11) is 0. The predicted octanol–water partition coefficient (Wildman–Crippen LogP) is 2.44. The number of nitrogens with one attached hydrogen (secondary N) is 2. The van der Waals surface area contributed by atoms with E-state index < -0.39 is 0 Å². The van der Waals surface area contributed by atoms with Crippen molar-refractivity contribution in [2.75, 3.05) is 25.1 Å². The van der Waals surface area contributed by atoms with Crippen molar-refractivity contribution in [3.8, 4) is 0 Å². The van der Waals surface area contributed by atoms with E-state index in [9.17, 15) is 4.79 Å². The van der Waals surface area contributed by atoms with Crippen molar-refractivity contribution in [3.63, 3.8) is 0 Å². The van der Waals surface area contributed by atoms with E-state index >= 15 is 0 Å². The zero-order valence-corrected chi connectivity index (χ0v) is 11.8. The van der Waals surface area contributed by atoms with Gasteiger partial charge in [-0.3, -0.25) is 4.79 Å². The van der Waals surface area contributed by atoms with Crippen LogP contribution in [0.15, 0.2) is 24.3 Å². The van der Waals surface area contributed by atoms with Gasteiger partial charge in [-0.05, 0) is 38.0 Å². The Labute approximate surface area is 118 Å². The molecule has 1 aromatic carbocycles. The van der Waals surface area contributed by atoms with Gasteiger partial charge in [0, 0.05) is 22.9 Å². The van der Waals surface area contributed by atoms with E-state index in [0.29, 0.717) is 17.3 Å². The van der Waals surface area contributed by atoms with E-state index in [-0.39, 0.29) is 18.0 Å². The molecule has 0 aromatic heterocycles. The minimum absolute atomic E-state index is 0.0749. The fourth-order valence-corrected chi connectivity index (χ4v) is 2.33. The quantitative estimate of drug-likeness (QED) is 0.892. The Hall–Kier alpha value is -1.10. The van der Waals surface area contributed by atoms with Crippen LogP contribution in [0.3, 0.4) is 0 Å². The Morgan fingerprint density at radius 3 is 3.05 bits per heavy atom. The molecule has 0 radical (unpaired) electrons. The lowest BCUT2D eigenvalue weighted by molar-refractivity contribution is -0.116. The molecule has 4 nitrogen and oxygen atoms in total. The van der Waals surface area contributed by atoms with Crippen LogP contribution in [0, 0.1) is 0 Å². The van der Waals surface area contributed by atoms with Gasteiger partial charge in [-0.2, -0.15) is 0 Å². The molecule has 1 fully saturated rings. The maximum absolute atomic E-state index is 11.9. The zero-order valence-electron chi connectivity index (χ0n) is 11.0. The molecule has 2 N–H and O–H groups in total. The summed E-state index contributed by atoms with van der Waals surface area (Å²) >= 11 is 5.87. The highest BCUT2D eigenvalue weighted by Crippen LogP contribution is 2.18. The number of carbonyl (C=O) groups excluding carboxylic acids is 1. The molecule has 104 valence electrons. The van der Waals surface area contributed by atoms with Crippen LogP contribution in [0.5, 0.6) is 0 Å². The first-order valence-electron chi connectivity index (χ1n) is 6.46. The van der Waals surface area contributed by atoms with E-state index in [2.05, 4.69) is 17.6 Å². The molecule has 5 heteroatoms. The fourth-order valence-electron chi connectivity index (χ4n) is 2.14. The molecular weight excluding hydrogens is 264 g/mol. The summed E-state index contributed by atoms with van der Waals surface area (Å²) in [5, 5.41) is 6.69. The first-order valence-corrected chi connectivity index (χ1v) is 6.83. The number of halogens is 1. The molecule has 1 aliphatic heterocycles. The van der Waals surface area contributed by atoms with Crippen LogP contribution in [0.2, 0.25) is 5.02 Å². The van der Waals surface area contributed by atoms with Gasteiger partial charge in [0.1, 0.15) is 0 Å². The number of ether oxygens (including phenoxy) is 1. The highest BCUT2D eigenvalue weighted by atomic mass is 35.5. The Bertz CT molecular complexity index is 445. The van der Waals surface area contributed by atoms with Crippen LogP contribution in [-0.2, 0) is 9.53 Å². The van der Waals surface area contributed by atoms with E-state index in [1.54, 1.807) is 12.1 Å². The molecule has 1 unspecified atom stereocenters. The van der Waals surface area contributed by atoms with Gasteiger partial charge < -0.3 is 15.4 Å². The summed E-state index contributed by atoms with van der Waals surface area (Å²) in [6, 6.07) is 7.12. The lowest BCUT2D eigenvalue weighted by atomic mass is 9.95. The van der Waals surface area contributed by atoms with Gasteiger partial charge in [0.05, 0.1) is 13.2 Å². The lowest BCUT2D eigenvalue weighted by Gasteiger charge is -2.34. The molecule has 0 bridgehead atoms. The van der Waals surface area contributed by atoms with Gasteiger partial charge in [0.25, 0.3) is 0 Å². The Balaban J connectivity index is 1.81. The average molecular weight is 283 g/mol. The van der Waals surface area contributed by atoms with Crippen molar-refractivity contribution in [3.05, 3.63) is 29.3 Å². The van der Waals surface area contributed by atoms with Crippen LogP contribution in [0.25, 0.3) is 0 Å². The summed E-state index contributed by atoms with van der Waals surface area (Å²) in [6.07, 6.45) is 2.05. The lowest BCUT2D eigenvalue weighted by Crippen LogP contribution is -2.51. The van der Waals surface area contributed by atoms with Crippen molar-refractivity contribution in [2.45, 2.75) is 25.3 Å². The van der Waals surface area contributed by atoms with E-state index in [0.717, 1.165) is 19.4 Å². The number of carbonyl (C=O) groups is 1. The Morgan fingerprint density at radius 1 is 1.53 bits per heavy atom. The summed E-state index contributed by atoms with van der Waals surface area (Å²) < 4.78 is 5.44. The standard InChI is InChI=1S/C14H19ClN2O2/c1-14(6-3-7-19-10-14)16-9-13(18)17-12-5-2-4-11(15)8-12/h2,4-5,8,16H,3,6-7,9-10H2,1H3,(H,17,18). The number of benzene rings is 1. The Morgan fingerprint density at radius 2 is 2.37 bits per heavy atom. The fraction of sp³-hybridized carbons (Fsp3) is 0.500. The second kappa shape index (κ2) is 6.37. The molecule has 0 saturated carbocycles. The highest BCUT2D eigenvalue weighted by Gasteiger charge is 2.27. The zero-order chi connectivity index (χ0) is 13.7. The first-order chi connectivity index (χ1) is 9.07. The largest absolute Gasteiger partial charge is 0.380 e. The van der Waals surface area contributed by atoms with Crippen LogP contribution < -0.4 is 10.6 Å². The molecule has 1 saturated heterocycles. The molecule has 1 aromatic rings. The van der Waals surface area contributed by atoms with Crippen molar-refractivity contribution < 1.29 is 9.53 Å². The second-order valence-corrected chi connectivity index (χ2v) is 5.57. The number of hydrogen-bond donors (Lipinski definition) is 2. The number of hydrogen-bond acceptors (Lipinski definition) is 3. The molecule has 2 rings (SSSR count). The summed E-state index contributed by atoms with van der Waals surface area (Å²) in [5.41, 5.74) is 0.605. The molecular formula is C14H19ClN2O2. The number of rotatable bonds is 4. The van der Waals surface area contributed by atoms with Gasteiger partial charge in [0.15, 0.2) is 0 Å². The molecule has 19 heavy (non-hydrogen) atoms. The number of amides is 1. The minimum Gasteiger partial charge on any atom is -0.380 e. The van der Waals surface area contributed by atoms with Gasteiger partial charge in [0.2, 0.25) is 5.91 Å². The first kappa shape index (κ1) is 14.3. The monoisotopic (exact) mass is 282 g/mol. The third kappa shape index (κ3) is 4.49. The van der Waals surface area contributed by atoms with Crippen LogP contribution in [0.1, 0.15) is 19.8 Å². The van der Waals surface area contributed by atoms with E-state index in [1.807, 2.05) is 12.1 Å². The normalized spacial score (nSPS) is 23.1. The predicted molar refractivity (Wildman–Crippen MR) is 76.5 cm³/mol. The topological polar surface area (TPSA) is 50.4 Å². The summed E-state index contributed by atoms with van der Waals surface area (Å²) in [4.78, 5) is 11.9. The van der Waals surface area contributed by atoms with Crippen LogP contribution >= 0.6 is 11.6 Å². The molecule has 1 aliphatic rings. The Kier molecular flexibility index (Phi) is 4.80. The van der Waals surface area contributed by atoms with Crippen molar-refractivity contribution in [1.82, 2.24) is 5.32 Å². The average Bonchev–Trinajstić information content (AvgIpc) is 2.38. The van der Waals surface area contributed by atoms with Gasteiger partial charge in [-0.15, -0.1) is 0 Å². The molecule has 0 spiro atoms. The molecule has 1 amide bonds. The smallest absolute Gasteiger partial charge is 0.238 e. The van der Waals surface area contributed by atoms with Gasteiger partial charge in [-0.25, -0.2) is 0 Å². The molecule has 1 atom stereocenters. The highest BCUT2D eigenvalue weighted by molar-refractivity contribution is 6.30. The summed E-state index contributed by atoms with van der Waals surface area (Å²) in [6.45, 7) is 3.81. The van der Waals surface area contributed by atoms with Crippen molar-refractivity contribution in [2.24, 2.45) is 0 Å². The van der Waals surface area contributed by atoms with Gasteiger partial charge in [-0.1, -0.05) is 17.7 Å². The maximum Gasteiger partial charge on any atom is 0.238 e. The van der Waals surface area contributed by atoms with Crippen molar-refractivity contribution in [1.29, 1.82) is 0 Å². The molecule has 0 aliphatic carbocycles. The van der Waals surface area contributed by atoms with E-state index in [4.69, 9.17) is 16.3 Å². The summed E-state index contributed by atoms with van der Waals surface area (Å²) in [5.74, 6) is -0.0749. The molecule has 1 heterocycles. The van der Waals surface area contributed by atoms with Gasteiger partial charge >= 0.3 is 0 Å². The third-order valence-corrected chi connectivity index (χ3v) is 3.46. The maximum atomic E-state index is 11.9. The SMILES string of the molecule is CC1(NCC(=O)Nc2cccc(Cl)c2)CCCOC1. The van der Waals surface area contributed by atoms with Crippen molar-refractivity contribution >= 4 is 23.2 Å². The third-order valence-electron chi connectivity index (χ3n) is 3.22.